The zero-order valence-corrected chi connectivity index (χ0v) is 15.8. The largest absolute Gasteiger partial charge is 0.452 e. The lowest BCUT2D eigenvalue weighted by molar-refractivity contribution is -0.384. The van der Waals surface area contributed by atoms with Crippen LogP contribution in [0.2, 0.25) is 0 Å². The van der Waals surface area contributed by atoms with Crippen LogP contribution in [0.25, 0.3) is 0 Å². The molecular weight excluding hydrogens is 368 g/mol. The summed E-state index contributed by atoms with van der Waals surface area (Å²) in [5.74, 6) is -0.895. The molecule has 0 aliphatic heterocycles. The van der Waals surface area contributed by atoms with Crippen molar-refractivity contribution in [3.05, 3.63) is 69.8 Å². The predicted octanol–water partition coefficient (Wildman–Crippen LogP) is 3.24. The van der Waals surface area contributed by atoms with Crippen molar-refractivity contribution in [3.8, 4) is 0 Å². The molecule has 0 saturated heterocycles. The first-order valence-electron chi connectivity index (χ1n) is 8.25. The van der Waals surface area contributed by atoms with Gasteiger partial charge >= 0.3 is 5.97 Å². The standard InChI is InChI=1S/C19H20N2O5S/c1-13-3-5-15(6-4-13)11-20-19(23)14(2)26-18(22)12-27-17-9-7-16(8-10-17)21(24)25/h3-10,14H,11-12H2,1-2H3,(H,20,23)/t14-/m1/s1. The van der Waals surface area contributed by atoms with E-state index in [1.807, 2.05) is 31.2 Å². The number of rotatable bonds is 8. The Hall–Kier alpha value is -2.87. The van der Waals surface area contributed by atoms with Gasteiger partial charge in [-0.05, 0) is 31.5 Å². The van der Waals surface area contributed by atoms with Crippen molar-refractivity contribution in [1.82, 2.24) is 5.32 Å². The van der Waals surface area contributed by atoms with E-state index < -0.39 is 17.0 Å². The average molecular weight is 388 g/mol. The minimum absolute atomic E-state index is 0.00733. The highest BCUT2D eigenvalue weighted by Gasteiger charge is 2.17. The molecule has 0 unspecified atom stereocenters. The van der Waals surface area contributed by atoms with Crippen molar-refractivity contribution in [2.45, 2.75) is 31.4 Å². The van der Waals surface area contributed by atoms with E-state index in [-0.39, 0.29) is 17.3 Å². The quantitative estimate of drug-likeness (QED) is 0.323. The Morgan fingerprint density at radius 1 is 1.15 bits per heavy atom. The highest BCUT2D eigenvalue weighted by molar-refractivity contribution is 8.00. The van der Waals surface area contributed by atoms with Crippen LogP contribution in [0.1, 0.15) is 18.1 Å². The molecule has 0 bridgehead atoms. The smallest absolute Gasteiger partial charge is 0.317 e. The highest BCUT2D eigenvalue weighted by atomic mass is 32.2. The Kier molecular flexibility index (Phi) is 7.36. The van der Waals surface area contributed by atoms with Crippen LogP contribution < -0.4 is 5.32 Å². The molecule has 0 aromatic heterocycles. The van der Waals surface area contributed by atoms with E-state index in [0.717, 1.165) is 11.1 Å². The van der Waals surface area contributed by atoms with Crippen LogP contribution >= 0.6 is 11.8 Å². The van der Waals surface area contributed by atoms with Crippen LogP contribution in [0.15, 0.2) is 53.4 Å². The van der Waals surface area contributed by atoms with Gasteiger partial charge in [-0.25, -0.2) is 0 Å². The second-order valence-electron chi connectivity index (χ2n) is 5.88. The maximum absolute atomic E-state index is 12.0. The molecule has 7 nitrogen and oxygen atoms in total. The second kappa shape index (κ2) is 9.72. The molecule has 1 amide bonds. The van der Waals surface area contributed by atoms with Gasteiger partial charge in [0.25, 0.3) is 11.6 Å². The summed E-state index contributed by atoms with van der Waals surface area (Å²) in [7, 11) is 0. The van der Waals surface area contributed by atoms with Gasteiger partial charge in [0, 0.05) is 23.6 Å². The summed E-state index contributed by atoms with van der Waals surface area (Å²) >= 11 is 1.19. The van der Waals surface area contributed by atoms with Crippen molar-refractivity contribution in [1.29, 1.82) is 0 Å². The Bertz CT molecular complexity index is 806. The van der Waals surface area contributed by atoms with Crippen molar-refractivity contribution in [2.75, 3.05) is 5.75 Å². The van der Waals surface area contributed by atoms with Gasteiger partial charge in [-0.1, -0.05) is 29.8 Å². The Balaban J connectivity index is 1.74. The summed E-state index contributed by atoms with van der Waals surface area (Å²) in [5, 5.41) is 13.3. The minimum atomic E-state index is -0.902. The Morgan fingerprint density at radius 3 is 2.37 bits per heavy atom. The summed E-state index contributed by atoms with van der Waals surface area (Å²) in [6, 6.07) is 13.6. The zero-order chi connectivity index (χ0) is 19.8. The molecule has 1 N–H and O–H groups in total. The first-order valence-corrected chi connectivity index (χ1v) is 9.23. The fraction of sp³-hybridized carbons (Fsp3) is 0.263. The van der Waals surface area contributed by atoms with E-state index in [0.29, 0.717) is 11.4 Å². The van der Waals surface area contributed by atoms with Crippen LogP contribution in [0.4, 0.5) is 5.69 Å². The number of amides is 1. The topological polar surface area (TPSA) is 98.5 Å². The molecule has 0 heterocycles. The molecule has 142 valence electrons. The van der Waals surface area contributed by atoms with Gasteiger partial charge in [0.15, 0.2) is 6.10 Å². The number of carbonyl (C=O) groups is 2. The molecule has 0 spiro atoms. The van der Waals surface area contributed by atoms with E-state index in [1.54, 1.807) is 12.1 Å². The van der Waals surface area contributed by atoms with Gasteiger partial charge in [-0.15, -0.1) is 11.8 Å². The summed E-state index contributed by atoms with van der Waals surface area (Å²) in [5.41, 5.74) is 2.08. The van der Waals surface area contributed by atoms with E-state index in [9.17, 15) is 19.7 Å². The van der Waals surface area contributed by atoms with Gasteiger partial charge in [-0.3, -0.25) is 19.7 Å². The number of carbonyl (C=O) groups excluding carboxylic acids is 2. The van der Waals surface area contributed by atoms with E-state index >= 15 is 0 Å². The number of aryl methyl sites for hydroxylation is 1. The van der Waals surface area contributed by atoms with Crippen molar-refractivity contribution < 1.29 is 19.2 Å². The molecular formula is C19H20N2O5S. The fourth-order valence-corrected chi connectivity index (χ4v) is 2.81. The van der Waals surface area contributed by atoms with Crippen molar-refractivity contribution >= 4 is 29.3 Å². The molecule has 27 heavy (non-hydrogen) atoms. The Labute approximate surface area is 161 Å². The summed E-state index contributed by atoms with van der Waals surface area (Å²) in [6.07, 6.45) is -0.902. The highest BCUT2D eigenvalue weighted by Crippen LogP contribution is 2.21. The summed E-state index contributed by atoms with van der Waals surface area (Å²) in [6.45, 7) is 3.86. The number of nitrogens with zero attached hydrogens (tertiary/aromatic N) is 1. The molecule has 2 rings (SSSR count). The van der Waals surface area contributed by atoms with Gasteiger partial charge in [0.1, 0.15) is 0 Å². The van der Waals surface area contributed by atoms with Gasteiger partial charge in [0.05, 0.1) is 10.7 Å². The van der Waals surface area contributed by atoms with Crippen molar-refractivity contribution in [3.63, 3.8) is 0 Å². The normalized spacial score (nSPS) is 11.5. The molecule has 0 radical (unpaired) electrons. The molecule has 0 saturated carbocycles. The van der Waals surface area contributed by atoms with Gasteiger partial charge < -0.3 is 10.1 Å². The number of ether oxygens (including phenoxy) is 1. The molecule has 0 aliphatic carbocycles. The number of thioether (sulfide) groups is 1. The number of hydrogen-bond donors (Lipinski definition) is 1. The van der Waals surface area contributed by atoms with E-state index in [4.69, 9.17) is 4.74 Å². The molecule has 8 heteroatoms. The average Bonchev–Trinajstić information content (AvgIpc) is 2.66. The van der Waals surface area contributed by atoms with E-state index in [2.05, 4.69) is 5.32 Å². The van der Waals surface area contributed by atoms with Gasteiger partial charge in [0.2, 0.25) is 0 Å². The molecule has 0 aliphatic rings. The third kappa shape index (κ3) is 6.74. The summed E-state index contributed by atoms with van der Waals surface area (Å²) in [4.78, 5) is 34.7. The maximum Gasteiger partial charge on any atom is 0.317 e. The third-order valence-electron chi connectivity index (χ3n) is 3.67. The number of hydrogen-bond acceptors (Lipinski definition) is 6. The molecule has 2 aromatic carbocycles. The minimum Gasteiger partial charge on any atom is -0.452 e. The molecule has 1 atom stereocenters. The molecule has 0 fully saturated rings. The lowest BCUT2D eigenvalue weighted by Gasteiger charge is -2.13. The molecule has 2 aromatic rings. The number of nitro benzene ring substituents is 1. The number of esters is 1. The van der Waals surface area contributed by atoms with Crippen LogP contribution in [-0.2, 0) is 20.9 Å². The van der Waals surface area contributed by atoms with Crippen molar-refractivity contribution in [2.24, 2.45) is 0 Å². The van der Waals surface area contributed by atoms with E-state index in [1.165, 1.54) is 30.8 Å². The lowest BCUT2D eigenvalue weighted by atomic mass is 10.1. The fourth-order valence-electron chi connectivity index (χ4n) is 2.13. The van der Waals surface area contributed by atoms with Crippen LogP contribution in [0.5, 0.6) is 0 Å². The van der Waals surface area contributed by atoms with Crippen LogP contribution in [0, 0.1) is 17.0 Å². The number of benzene rings is 2. The third-order valence-corrected chi connectivity index (χ3v) is 4.65. The number of non-ortho nitro benzene ring substituents is 1. The zero-order valence-electron chi connectivity index (χ0n) is 15.0. The lowest BCUT2D eigenvalue weighted by Crippen LogP contribution is -2.35. The predicted molar refractivity (Wildman–Crippen MR) is 102 cm³/mol. The number of nitro groups is 1. The SMILES string of the molecule is Cc1ccc(CNC(=O)[C@@H](C)OC(=O)CSc2ccc([N+](=O)[O-])cc2)cc1. The van der Waals surface area contributed by atoms with Crippen LogP contribution in [-0.4, -0.2) is 28.7 Å². The second-order valence-corrected chi connectivity index (χ2v) is 6.92. The number of nitrogens with one attached hydrogen (secondary N) is 1. The maximum atomic E-state index is 12.0. The van der Waals surface area contributed by atoms with Crippen LogP contribution in [0.3, 0.4) is 0 Å². The Morgan fingerprint density at radius 2 is 1.78 bits per heavy atom. The summed E-state index contributed by atoms with van der Waals surface area (Å²) < 4.78 is 5.12. The monoisotopic (exact) mass is 388 g/mol. The first-order chi connectivity index (χ1) is 12.8. The first kappa shape index (κ1) is 20.4. The van der Waals surface area contributed by atoms with Gasteiger partial charge in [-0.2, -0.15) is 0 Å².